The topological polar surface area (TPSA) is 84.5 Å². The van der Waals surface area contributed by atoms with Gasteiger partial charge in [0, 0.05) is 18.4 Å². The first-order valence-electron chi connectivity index (χ1n) is 9.63. The van der Waals surface area contributed by atoms with Crippen molar-refractivity contribution in [1.82, 2.24) is 5.32 Å². The number of carbonyl (C=O) groups is 1. The summed E-state index contributed by atoms with van der Waals surface area (Å²) in [5, 5.41) is 3.34. The molecule has 1 aliphatic rings. The van der Waals surface area contributed by atoms with E-state index in [9.17, 15) is 4.79 Å². The monoisotopic (exact) mass is 409 g/mol. The quantitative estimate of drug-likeness (QED) is 0.296. The van der Waals surface area contributed by atoms with Gasteiger partial charge in [0.25, 0.3) is 0 Å². The van der Waals surface area contributed by atoms with Crippen LogP contribution in [0.2, 0.25) is 0 Å². The summed E-state index contributed by atoms with van der Waals surface area (Å²) < 4.78 is 31.3. The summed E-state index contributed by atoms with van der Waals surface area (Å²) in [7, 11) is 1.64. The Morgan fingerprint density at radius 1 is 0.778 bits per heavy atom. The Hall–Kier alpha value is -0.580. The fourth-order valence-corrected chi connectivity index (χ4v) is 2.82. The smallest absolute Gasteiger partial charge is 0.407 e. The summed E-state index contributed by atoms with van der Waals surface area (Å²) in [5.74, 6) is 0. The number of alkyl carbamates (subject to hydrolysis) is 1. The Kier molecular flexibility index (Phi) is 15.9. The van der Waals surface area contributed by atoms with Crippen molar-refractivity contribution in [3.63, 3.8) is 0 Å². The minimum atomic E-state index is -0.374. The van der Waals surface area contributed by atoms with Crippen LogP contribution < -0.4 is 5.32 Å². The van der Waals surface area contributed by atoms with E-state index in [0.29, 0.717) is 64.7 Å². The molecule has 0 aromatic carbocycles. The second-order valence-electron chi connectivity index (χ2n) is 6.23. The molecule has 1 saturated carbocycles. The molecule has 8 nitrogen and oxygen atoms in total. The predicted molar refractivity (Wildman–Crippen MR) is 105 cm³/mol. The molecule has 0 radical (unpaired) electrons. The SMILES string of the molecule is COCCOCCOCCOCCOCCOC(=O)NC1CCC(S)CC1. The number of hydrogen-bond acceptors (Lipinski definition) is 8. The van der Waals surface area contributed by atoms with Crippen molar-refractivity contribution in [3.8, 4) is 0 Å². The lowest BCUT2D eigenvalue weighted by molar-refractivity contribution is -0.0113. The molecule has 0 saturated heterocycles. The molecule has 0 heterocycles. The van der Waals surface area contributed by atoms with Crippen LogP contribution in [-0.2, 0) is 28.4 Å². The number of amides is 1. The molecule has 0 aromatic heterocycles. The largest absolute Gasteiger partial charge is 0.447 e. The van der Waals surface area contributed by atoms with Gasteiger partial charge in [-0.05, 0) is 25.7 Å². The van der Waals surface area contributed by atoms with E-state index in [1.807, 2.05) is 0 Å². The van der Waals surface area contributed by atoms with Crippen LogP contribution >= 0.6 is 12.6 Å². The molecule has 160 valence electrons. The fraction of sp³-hybridized carbons (Fsp3) is 0.944. The normalized spacial score (nSPS) is 19.8. The van der Waals surface area contributed by atoms with Gasteiger partial charge in [0.05, 0.1) is 59.5 Å². The van der Waals surface area contributed by atoms with Crippen molar-refractivity contribution in [1.29, 1.82) is 0 Å². The zero-order chi connectivity index (χ0) is 19.6. The Morgan fingerprint density at radius 3 is 1.70 bits per heavy atom. The third-order valence-electron chi connectivity index (χ3n) is 4.03. The van der Waals surface area contributed by atoms with Crippen LogP contribution in [0.5, 0.6) is 0 Å². The Balaban J connectivity index is 1.75. The van der Waals surface area contributed by atoms with Crippen LogP contribution in [0.3, 0.4) is 0 Å². The summed E-state index contributed by atoms with van der Waals surface area (Å²) in [6.45, 7) is 4.82. The highest BCUT2D eigenvalue weighted by Gasteiger charge is 2.20. The first kappa shape index (κ1) is 24.5. The maximum Gasteiger partial charge on any atom is 0.407 e. The van der Waals surface area contributed by atoms with Crippen LogP contribution in [0.4, 0.5) is 4.79 Å². The number of thiol groups is 1. The van der Waals surface area contributed by atoms with E-state index < -0.39 is 0 Å². The van der Waals surface area contributed by atoms with Gasteiger partial charge in [-0.1, -0.05) is 0 Å². The van der Waals surface area contributed by atoms with E-state index in [-0.39, 0.29) is 18.7 Å². The summed E-state index contributed by atoms with van der Waals surface area (Å²) in [4.78, 5) is 11.7. The van der Waals surface area contributed by atoms with Crippen LogP contribution in [0.15, 0.2) is 0 Å². The molecule has 1 fully saturated rings. The molecule has 0 spiro atoms. The Bertz CT molecular complexity index is 355. The maximum atomic E-state index is 11.7. The first-order chi connectivity index (χ1) is 13.2. The van der Waals surface area contributed by atoms with Crippen molar-refractivity contribution < 1.29 is 33.2 Å². The van der Waals surface area contributed by atoms with Crippen LogP contribution in [0.25, 0.3) is 0 Å². The van der Waals surface area contributed by atoms with Crippen LogP contribution in [0, 0.1) is 0 Å². The highest BCUT2D eigenvalue weighted by Crippen LogP contribution is 2.22. The Morgan fingerprint density at radius 2 is 1.22 bits per heavy atom. The first-order valence-corrected chi connectivity index (χ1v) is 10.1. The lowest BCUT2D eigenvalue weighted by Gasteiger charge is -2.26. The molecule has 0 aliphatic heterocycles. The lowest BCUT2D eigenvalue weighted by atomic mass is 9.95. The zero-order valence-electron chi connectivity index (χ0n) is 16.4. The average molecular weight is 410 g/mol. The molecule has 0 atom stereocenters. The van der Waals surface area contributed by atoms with Gasteiger partial charge in [-0.2, -0.15) is 12.6 Å². The molecular weight excluding hydrogens is 374 g/mol. The average Bonchev–Trinajstić information content (AvgIpc) is 2.66. The van der Waals surface area contributed by atoms with Crippen molar-refractivity contribution in [2.24, 2.45) is 0 Å². The molecule has 1 rings (SSSR count). The van der Waals surface area contributed by atoms with Gasteiger partial charge in [-0.15, -0.1) is 0 Å². The number of nitrogens with one attached hydrogen (secondary N) is 1. The predicted octanol–water partition coefficient (Wildman–Crippen LogP) is 1.67. The van der Waals surface area contributed by atoms with Gasteiger partial charge >= 0.3 is 6.09 Å². The third-order valence-corrected chi connectivity index (χ3v) is 4.54. The van der Waals surface area contributed by atoms with Gasteiger partial charge in [0.15, 0.2) is 0 Å². The van der Waals surface area contributed by atoms with Crippen LogP contribution in [0.1, 0.15) is 25.7 Å². The van der Waals surface area contributed by atoms with Crippen molar-refractivity contribution in [2.45, 2.75) is 37.0 Å². The third kappa shape index (κ3) is 15.1. The molecule has 0 aromatic rings. The van der Waals surface area contributed by atoms with Gasteiger partial charge in [0.1, 0.15) is 6.61 Å². The lowest BCUT2D eigenvalue weighted by Crippen LogP contribution is -2.38. The van der Waals surface area contributed by atoms with Crippen molar-refractivity contribution >= 4 is 18.7 Å². The van der Waals surface area contributed by atoms with Gasteiger partial charge in [0.2, 0.25) is 0 Å². The number of methoxy groups -OCH3 is 1. The molecule has 0 bridgehead atoms. The zero-order valence-corrected chi connectivity index (χ0v) is 17.3. The molecule has 1 aliphatic carbocycles. The minimum Gasteiger partial charge on any atom is -0.447 e. The van der Waals surface area contributed by atoms with Gasteiger partial charge in [-0.25, -0.2) is 4.79 Å². The molecule has 1 amide bonds. The van der Waals surface area contributed by atoms with Gasteiger partial charge in [-0.3, -0.25) is 0 Å². The van der Waals surface area contributed by atoms with E-state index in [1.54, 1.807) is 7.11 Å². The number of hydrogen-bond donors (Lipinski definition) is 2. The van der Waals surface area contributed by atoms with E-state index in [4.69, 9.17) is 28.4 Å². The second kappa shape index (κ2) is 17.5. The molecular formula is C18H35NO7S. The van der Waals surface area contributed by atoms with Crippen molar-refractivity contribution in [2.75, 3.05) is 73.2 Å². The van der Waals surface area contributed by atoms with E-state index in [0.717, 1.165) is 25.7 Å². The minimum absolute atomic E-state index is 0.203. The van der Waals surface area contributed by atoms with Gasteiger partial charge < -0.3 is 33.7 Å². The second-order valence-corrected chi connectivity index (χ2v) is 6.96. The van der Waals surface area contributed by atoms with E-state index in [1.165, 1.54) is 0 Å². The van der Waals surface area contributed by atoms with Crippen LogP contribution in [-0.4, -0.2) is 90.6 Å². The summed E-state index contributed by atoms with van der Waals surface area (Å²) in [6.07, 6.45) is 3.61. The van der Waals surface area contributed by atoms with E-state index >= 15 is 0 Å². The molecule has 1 N–H and O–H groups in total. The highest BCUT2D eigenvalue weighted by molar-refractivity contribution is 7.80. The molecule has 27 heavy (non-hydrogen) atoms. The number of ether oxygens (including phenoxy) is 6. The number of carbonyl (C=O) groups excluding carboxylic acids is 1. The summed E-state index contributed by atoms with van der Waals surface area (Å²) in [6, 6.07) is 0.203. The molecule has 0 unspecified atom stereocenters. The van der Waals surface area contributed by atoms with Crippen molar-refractivity contribution in [3.05, 3.63) is 0 Å². The highest BCUT2D eigenvalue weighted by atomic mass is 32.1. The van der Waals surface area contributed by atoms with E-state index in [2.05, 4.69) is 17.9 Å². The number of rotatable bonds is 16. The summed E-state index contributed by atoms with van der Waals surface area (Å²) in [5.41, 5.74) is 0. The maximum absolute atomic E-state index is 11.7. The Labute approximate surface area is 167 Å². The fourth-order valence-electron chi connectivity index (χ4n) is 2.53. The standard InChI is InChI=1S/C18H35NO7S/c1-21-6-7-22-8-9-23-10-11-24-12-13-25-14-15-26-18(20)19-16-2-4-17(27)5-3-16/h16-17,27H,2-15H2,1H3,(H,19,20). The molecule has 9 heteroatoms. The summed E-state index contributed by atoms with van der Waals surface area (Å²) >= 11 is 4.45.